The zero-order valence-electron chi connectivity index (χ0n) is 17.9. The van der Waals surface area contributed by atoms with Gasteiger partial charge in [0.25, 0.3) is 5.91 Å². The van der Waals surface area contributed by atoms with Crippen LogP contribution in [-0.4, -0.2) is 60.8 Å². The van der Waals surface area contributed by atoms with E-state index in [4.69, 9.17) is 9.47 Å². The molecule has 0 radical (unpaired) electrons. The Labute approximate surface area is 173 Å². The molecule has 0 saturated carbocycles. The van der Waals surface area contributed by atoms with Crippen LogP contribution in [0.1, 0.15) is 36.7 Å². The van der Waals surface area contributed by atoms with Gasteiger partial charge in [-0.15, -0.1) is 0 Å². The van der Waals surface area contributed by atoms with Crippen LogP contribution in [0.5, 0.6) is 5.88 Å². The van der Waals surface area contributed by atoms with E-state index in [2.05, 4.69) is 41.1 Å². The molecule has 0 atom stereocenters. The molecule has 1 aliphatic heterocycles. The first-order valence-corrected chi connectivity index (χ1v) is 10.2. The number of nitrogens with zero attached hydrogens (tertiary/aromatic N) is 3. The molecule has 156 valence electrons. The Bertz CT molecular complexity index is 807. The molecule has 6 heteroatoms. The molecule has 1 saturated heterocycles. The Balaban J connectivity index is 1.48. The average molecular weight is 398 g/mol. The number of hydrogen-bond acceptors (Lipinski definition) is 5. The summed E-state index contributed by atoms with van der Waals surface area (Å²) in [6, 6.07) is 12.0. The molecule has 0 aliphatic carbocycles. The predicted octanol–water partition coefficient (Wildman–Crippen LogP) is 3.55. The first kappa shape index (κ1) is 21.1. The van der Waals surface area contributed by atoms with Gasteiger partial charge in [0.2, 0.25) is 5.88 Å². The van der Waals surface area contributed by atoms with Gasteiger partial charge < -0.3 is 19.3 Å². The molecule has 2 aromatic rings. The summed E-state index contributed by atoms with van der Waals surface area (Å²) in [4.78, 5) is 21.3. The zero-order valence-corrected chi connectivity index (χ0v) is 17.9. The van der Waals surface area contributed by atoms with Gasteiger partial charge in [-0.2, -0.15) is 0 Å². The lowest BCUT2D eigenvalue weighted by molar-refractivity contribution is -0.0168. The molecular weight excluding hydrogens is 366 g/mol. The van der Waals surface area contributed by atoms with Crippen molar-refractivity contribution in [3.63, 3.8) is 0 Å². The Morgan fingerprint density at radius 1 is 1.07 bits per heavy atom. The van der Waals surface area contributed by atoms with Crippen molar-refractivity contribution in [3.8, 4) is 5.88 Å². The maximum atomic E-state index is 12.8. The van der Waals surface area contributed by atoms with Crippen molar-refractivity contribution < 1.29 is 14.3 Å². The summed E-state index contributed by atoms with van der Waals surface area (Å²) in [6.45, 7) is 12.1. The first-order valence-electron chi connectivity index (χ1n) is 10.2. The molecule has 3 rings (SSSR count). The summed E-state index contributed by atoms with van der Waals surface area (Å²) in [5, 5.41) is 0. The highest BCUT2D eigenvalue weighted by Gasteiger charge is 2.22. The summed E-state index contributed by atoms with van der Waals surface area (Å²) >= 11 is 0. The van der Waals surface area contributed by atoms with Gasteiger partial charge in [-0.05, 0) is 51.5 Å². The maximum Gasteiger partial charge on any atom is 0.255 e. The van der Waals surface area contributed by atoms with Crippen molar-refractivity contribution in [2.45, 2.75) is 33.3 Å². The third kappa shape index (κ3) is 6.19. The van der Waals surface area contributed by atoms with E-state index in [9.17, 15) is 4.79 Å². The molecule has 6 nitrogen and oxygen atoms in total. The molecule has 1 amide bonds. The van der Waals surface area contributed by atoms with Crippen LogP contribution in [0.4, 0.5) is 5.69 Å². The van der Waals surface area contributed by atoms with Crippen molar-refractivity contribution in [2.24, 2.45) is 0 Å². The number of aryl methyl sites for hydroxylation is 1. The van der Waals surface area contributed by atoms with E-state index in [1.54, 1.807) is 18.3 Å². The lowest BCUT2D eigenvalue weighted by atomic mass is 10.1. The molecule has 0 N–H and O–H groups in total. The number of pyridine rings is 1. The smallest absolute Gasteiger partial charge is 0.255 e. The fraction of sp³-hybridized carbons (Fsp3) is 0.478. The highest BCUT2D eigenvalue weighted by molar-refractivity contribution is 5.94. The van der Waals surface area contributed by atoms with Crippen LogP contribution >= 0.6 is 0 Å². The normalized spacial score (nSPS) is 14.8. The van der Waals surface area contributed by atoms with Crippen molar-refractivity contribution in [1.82, 2.24) is 9.88 Å². The van der Waals surface area contributed by atoms with Crippen LogP contribution in [0.2, 0.25) is 0 Å². The highest BCUT2D eigenvalue weighted by Crippen LogP contribution is 2.19. The zero-order chi connectivity index (χ0) is 20.9. The molecule has 1 aromatic heterocycles. The number of anilines is 1. The van der Waals surface area contributed by atoms with E-state index in [0.29, 0.717) is 37.7 Å². The first-order chi connectivity index (χ1) is 13.8. The Hall–Kier alpha value is -2.60. The molecule has 1 aliphatic rings. The summed E-state index contributed by atoms with van der Waals surface area (Å²) < 4.78 is 11.2. The van der Waals surface area contributed by atoms with Gasteiger partial charge >= 0.3 is 0 Å². The van der Waals surface area contributed by atoms with Gasteiger partial charge in [0.05, 0.1) is 17.8 Å². The lowest BCUT2D eigenvalue weighted by Gasteiger charge is -2.36. The van der Waals surface area contributed by atoms with Crippen LogP contribution < -0.4 is 9.64 Å². The number of benzene rings is 1. The summed E-state index contributed by atoms with van der Waals surface area (Å²) in [7, 11) is 0. The molecule has 1 fully saturated rings. The third-order valence-corrected chi connectivity index (χ3v) is 4.79. The van der Waals surface area contributed by atoms with Crippen LogP contribution in [-0.2, 0) is 4.74 Å². The Morgan fingerprint density at radius 3 is 2.45 bits per heavy atom. The van der Waals surface area contributed by atoms with Gasteiger partial charge in [-0.1, -0.05) is 12.1 Å². The predicted molar refractivity (Wildman–Crippen MR) is 115 cm³/mol. The number of hydrogen-bond donors (Lipinski definition) is 0. The Kier molecular flexibility index (Phi) is 6.75. The standard InChI is InChI=1S/C23H31N3O3/c1-18-6-5-7-20(16-18)25-10-12-26(13-11-25)22(27)19-8-9-21(24-17-19)28-14-15-29-23(2,3)4/h5-9,16-17H,10-15H2,1-4H3. The van der Waals surface area contributed by atoms with Crippen molar-refractivity contribution in [2.75, 3.05) is 44.3 Å². The lowest BCUT2D eigenvalue weighted by Crippen LogP contribution is -2.48. The number of rotatable bonds is 6. The molecule has 0 bridgehead atoms. The van der Waals surface area contributed by atoms with Crippen molar-refractivity contribution in [1.29, 1.82) is 0 Å². The highest BCUT2D eigenvalue weighted by atomic mass is 16.5. The van der Waals surface area contributed by atoms with Gasteiger partial charge in [0.1, 0.15) is 6.61 Å². The molecular formula is C23H31N3O3. The molecule has 0 spiro atoms. The quantitative estimate of drug-likeness (QED) is 0.698. The van der Waals surface area contributed by atoms with E-state index in [-0.39, 0.29) is 11.5 Å². The van der Waals surface area contributed by atoms with E-state index in [1.807, 2.05) is 25.7 Å². The summed E-state index contributed by atoms with van der Waals surface area (Å²) in [5.74, 6) is 0.521. The van der Waals surface area contributed by atoms with Gasteiger partial charge in [0, 0.05) is 44.1 Å². The fourth-order valence-corrected chi connectivity index (χ4v) is 3.26. The van der Waals surface area contributed by atoms with Gasteiger partial charge in [-0.25, -0.2) is 4.98 Å². The van der Waals surface area contributed by atoms with E-state index in [1.165, 1.54) is 11.3 Å². The fourth-order valence-electron chi connectivity index (χ4n) is 3.26. The summed E-state index contributed by atoms with van der Waals surface area (Å²) in [6.07, 6.45) is 1.59. The minimum absolute atomic E-state index is 0.0176. The SMILES string of the molecule is Cc1cccc(N2CCN(C(=O)c3ccc(OCCOC(C)(C)C)nc3)CC2)c1. The molecule has 29 heavy (non-hydrogen) atoms. The molecule has 2 heterocycles. The number of carbonyl (C=O) groups is 1. The van der Waals surface area contributed by atoms with Crippen LogP contribution in [0.3, 0.4) is 0 Å². The van der Waals surface area contributed by atoms with E-state index in [0.717, 1.165) is 13.1 Å². The summed E-state index contributed by atoms with van der Waals surface area (Å²) in [5.41, 5.74) is 2.87. The monoisotopic (exact) mass is 397 g/mol. The number of amides is 1. The largest absolute Gasteiger partial charge is 0.475 e. The van der Waals surface area contributed by atoms with Crippen LogP contribution in [0, 0.1) is 6.92 Å². The number of aromatic nitrogens is 1. The van der Waals surface area contributed by atoms with E-state index >= 15 is 0 Å². The molecule has 1 aromatic carbocycles. The van der Waals surface area contributed by atoms with E-state index < -0.39 is 0 Å². The topological polar surface area (TPSA) is 54.9 Å². The second-order valence-electron chi connectivity index (χ2n) is 8.31. The second kappa shape index (κ2) is 9.27. The van der Waals surface area contributed by atoms with Gasteiger partial charge in [0.15, 0.2) is 0 Å². The minimum atomic E-state index is -0.184. The van der Waals surface area contributed by atoms with Crippen LogP contribution in [0.25, 0.3) is 0 Å². The van der Waals surface area contributed by atoms with Crippen molar-refractivity contribution >= 4 is 11.6 Å². The van der Waals surface area contributed by atoms with Gasteiger partial charge in [-0.3, -0.25) is 4.79 Å². The Morgan fingerprint density at radius 2 is 1.83 bits per heavy atom. The minimum Gasteiger partial charge on any atom is -0.475 e. The number of piperazine rings is 1. The third-order valence-electron chi connectivity index (χ3n) is 4.79. The van der Waals surface area contributed by atoms with Crippen LogP contribution in [0.15, 0.2) is 42.6 Å². The average Bonchev–Trinajstić information content (AvgIpc) is 2.71. The maximum absolute atomic E-state index is 12.8. The van der Waals surface area contributed by atoms with Crippen molar-refractivity contribution in [3.05, 3.63) is 53.7 Å². The molecule has 0 unspecified atom stereocenters. The number of carbonyl (C=O) groups excluding carboxylic acids is 1. The number of ether oxygens (including phenoxy) is 2. The second-order valence-corrected chi connectivity index (χ2v) is 8.31.